The van der Waals surface area contributed by atoms with Crippen LogP contribution < -0.4 is 5.32 Å². The third kappa shape index (κ3) is 3.90. The normalized spacial score (nSPS) is 24.5. The molecule has 4 rings (SSSR count). The number of nitrogens with zero attached hydrogens (tertiary/aromatic N) is 1. The number of amides is 1. The number of rotatable bonds is 4. The van der Waals surface area contributed by atoms with Crippen LogP contribution in [-0.4, -0.2) is 30.1 Å². The van der Waals surface area contributed by atoms with Crippen LogP contribution in [0.4, 0.5) is 0 Å². The first-order chi connectivity index (χ1) is 12.8. The van der Waals surface area contributed by atoms with Gasteiger partial charge < -0.3 is 10.1 Å². The summed E-state index contributed by atoms with van der Waals surface area (Å²) < 4.78 is 5.74. The van der Waals surface area contributed by atoms with E-state index in [2.05, 4.69) is 34.6 Å². The minimum atomic E-state index is 0.123. The van der Waals surface area contributed by atoms with E-state index in [-0.39, 0.29) is 17.9 Å². The Hall–Kier alpha value is -1.94. The number of fused-ring (bicyclic) bond motifs is 1. The van der Waals surface area contributed by atoms with E-state index < -0.39 is 0 Å². The summed E-state index contributed by atoms with van der Waals surface area (Å²) >= 11 is 0. The van der Waals surface area contributed by atoms with E-state index in [1.807, 2.05) is 12.3 Å². The molecule has 1 aromatic carbocycles. The molecule has 1 aliphatic heterocycles. The van der Waals surface area contributed by atoms with Crippen molar-refractivity contribution in [1.29, 1.82) is 0 Å². The fourth-order valence-corrected chi connectivity index (χ4v) is 4.42. The molecule has 2 aromatic rings. The van der Waals surface area contributed by atoms with E-state index in [9.17, 15) is 4.79 Å². The van der Waals surface area contributed by atoms with Crippen LogP contribution in [0.5, 0.6) is 0 Å². The molecule has 4 nitrogen and oxygen atoms in total. The van der Waals surface area contributed by atoms with Gasteiger partial charge in [-0.05, 0) is 37.0 Å². The summed E-state index contributed by atoms with van der Waals surface area (Å²) in [6.45, 7) is 1.35. The van der Waals surface area contributed by atoms with Gasteiger partial charge in [0, 0.05) is 23.4 Å². The highest BCUT2D eigenvalue weighted by atomic mass is 16.5. The number of carbonyl (C=O) groups excluding carboxylic acids is 1. The first kappa shape index (κ1) is 17.5. The van der Waals surface area contributed by atoms with E-state index in [0.717, 1.165) is 24.8 Å². The smallest absolute Gasteiger partial charge is 0.223 e. The van der Waals surface area contributed by atoms with Crippen LogP contribution in [0.2, 0.25) is 0 Å². The number of ether oxygens (including phenoxy) is 1. The van der Waals surface area contributed by atoms with Crippen molar-refractivity contribution in [3.63, 3.8) is 0 Å². The molecule has 0 spiro atoms. The minimum Gasteiger partial charge on any atom is -0.379 e. The maximum Gasteiger partial charge on any atom is 0.223 e. The van der Waals surface area contributed by atoms with Crippen LogP contribution in [0.1, 0.15) is 44.1 Å². The molecule has 2 fully saturated rings. The summed E-state index contributed by atoms with van der Waals surface area (Å²) in [5.41, 5.74) is 2.32. The summed E-state index contributed by atoms with van der Waals surface area (Å²) in [4.78, 5) is 17.2. The lowest BCUT2D eigenvalue weighted by Crippen LogP contribution is -2.43. The quantitative estimate of drug-likeness (QED) is 0.850. The first-order valence-electron chi connectivity index (χ1n) is 10.0. The third-order valence-corrected chi connectivity index (χ3v) is 5.97. The van der Waals surface area contributed by atoms with E-state index in [0.29, 0.717) is 19.1 Å². The van der Waals surface area contributed by atoms with Crippen molar-refractivity contribution >= 4 is 16.8 Å². The molecule has 1 N–H and O–H groups in total. The molecule has 26 heavy (non-hydrogen) atoms. The Kier molecular flexibility index (Phi) is 5.49. The largest absolute Gasteiger partial charge is 0.379 e. The summed E-state index contributed by atoms with van der Waals surface area (Å²) in [5, 5.41) is 4.52. The lowest BCUT2D eigenvalue weighted by atomic mass is 9.92. The topological polar surface area (TPSA) is 51.2 Å². The molecule has 0 unspecified atom stereocenters. The Morgan fingerprint density at radius 2 is 1.88 bits per heavy atom. The van der Waals surface area contributed by atoms with Crippen molar-refractivity contribution in [1.82, 2.24) is 10.3 Å². The number of benzene rings is 1. The second kappa shape index (κ2) is 8.17. The number of hydrogen-bond acceptors (Lipinski definition) is 3. The number of hydrogen-bond donors (Lipinski definition) is 1. The summed E-state index contributed by atoms with van der Waals surface area (Å²) in [5.74, 6) is 0.767. The molecule has 1 saturated heterocycles. The highest BCUT2D eigenvalue weighted by Crippen LogP contribution is 2.26. The summed E-state index contributed by atoms with van der Waals surface area (Å²) in [7, 11) is 0. The second-order valence-corrected chi connectivity index (χ2v) is 7.79. The first-order valence-corrected chi connectivity index (χ1v) is 10.0. The monoisotopic (exact) mass is 352 g/mol. The van der Waals surface area contributed by atoms with Gasteiger partial charge in [-0.3, -0.25) is 9.78 Å². The lowest BCUT2D eigenvalue weighted by Gasteiger charge is -2.22. The van der Waals surface area contributed by atoms with Gasteiger partial charge in [0.05, 0.1) is 24.8 Å². The average molecular weight is 352 g/mol. The molecule has 2 heterocycles. The van der Waals surface area contributed by atoms with Gasteiger partial charge in [0.25, 0.3) is 0 Å². The fourth-order valence-electron chi connectivity index (χ4n) is 4.42. The molecule has 0 radical (unpaired) electrons. The van der Waals surface area contributed by atoms with Gasteiger partial charge in [0.1, 0.15) is 0 Å². The van der Waals surface area contributed by atoms with Crippen molar-refractivity contribution in [2.75, 3.05) is 13.2 Å². The van der Waals surface area contributed by atoms with Crippen molar-refractivity contribution < 1.29 is 9.53 Å². The average Bonchev–Trinajstić information content (AvgIpc) is 2.93. The third-order valence-electron chi connectivity index (χ3n) is 5.97. The predicted molar refractivity (Wildman–Crippen MR) is 103 cm³/mol. The van der Waals surface area contributed by atoms with Gasteiger partial charge in [-0.15, -0.1) is 0 Å². The van der Waals surface area contributed by atoms with Crippen molar-refractivity contribution in [3.8, 4) is 0 Å². The second-order valence-electron chi connectivity index (χ2n) is 7.79. The van der Waals surface area contributed by atoms with Crippen molar-refractivity contribution in [3.05, 3.63) is 42.1 Å². The lowest BCUT2D eigenvalue weighted by molar-refractivity contribution is -0.126. The zero-order valence-electron chi connectivity index (χ0n) is 15.3. The standard InChI is InChI=1S/C22H28N2O2/c25-22(16-7-3-1-2-4-8-16)24-21-15-26-14-18(21)13-17-11-12-23-20-10-6-5-9-19(17)20/h5-6,9-12,16,18,21H,1-4,7-8,13-15H2,(H,24,25)/t18-,21-/m1/s1. The van der Waals surface area contributed by atoms with Crippen LogP contribution in [0.25, 0.3) is 10.9 Å². The Morgan fingerprint density at radius 3 is 2.73 bits per heavy atom. The van der Waals surface area contributed by atoms with Crippen LogP contribution in [-0.2, 0) is 16.0 Å². The Bertz CT molecular complexity index is 747. The molecule has 1 amide bonds. The van der Waals surface area contributed by atoms with Gasteiger partial charge in [-0.25, -0.2) is 0 Å². The Balaban J connectivity index is 1.44. The number of carbonyl (C=O) groups is 1. The van der Waals surface area contributed by atoms with Crippen molar-refractivity contribution in [2.45, 2.75) is 51.0 Å². The minimum absolute atomic E-state index is 0.123. The molecule has 2 atom stereocenters. The number of para-hydroxylation sites is 1. The van der Waals surface area contributed by atoms with Gasteiger partial charge in [0.15, 0.2) is 0 Å². The molecule has 1 aromatic heterocycles. The zero-order valence-corrected chi connectivity index (χ0v) is 15.3. The van der Waals surface area contributed by atoms with Gasteiger partial charge >= 0.3 is 0 Å². The number of aromatic nitrogens is 1. The van der Waals surface area contributed by atoms with Gasteiger partial charge in [-0.2, -0.15) is 0 Å². The fraction of sp³-hybridized carbons (Fsp3) is 0.545. The van der Waals surface area contributed by atoms with E-state index in [1.165, 1.54) is 36.6 Å². The van der Waals surface area contributed by atoms with E-state index in [1.54, 1.807) is 0 Å². The van der Waals surface area contributed by atoms with Crippen LogP contribution in [0.15, 0.2) is 36.5 Å². The molecular weight excluding hydrogens is 324 g/mol. The molecule has 138 valence electrons. The van der Waals surface area contributed by atoms with Gasteiger partial charge in [0.2, 0.25) is 5.91 Å². The SMILES string of the molecule is O=C(N[C@@H]1COC[C@H]1Cc1ccnc2ccccc12)C1CCCCCC1. The van der Waals surface area contributed by atoms with Crippen LogP contribution in [0.3, 0.4) is 0 Å². The summed E-state index contributed by atoms with van der Waals surface area (Å²) in [6, 6.07) is 10.5. The maximum atomic E-state index is 12.7. The molecule has 1 aliphatic carbocycles. The highest BCUT2D eigenvalue weighted by molar-refractivity contribution is 5.82. The molecule has 4 heteroatoms. The van der Waals surface area contributed by atoms with Crippen LogP contribution >= 0.6 is 0 Å². The van der Waals surface area contributed by atoms with E-state index >= 15 is 0 Å². The maximum absolute atomic E-state index is 12.7. The van der Waals surface area contributed by atoms with Gasteiger partial charge in [-0.1, -0.05) is 43.9 Å². The Labute approximate surface area is 155 Å². The molecule has 0 bridgehead atoms. The summed E-state index contributed by atoms with van der Waals surface area (Å²) in [6.07, 6.45) is 9.79. The molecule has 1 saturated carbocycles. The Morgan fingerprint density at radius 1 is 1.08 bits per heavy atom. The highest BCUT2D eigenvalue weighted by Gasteiger charge is 2.32. The molecule has 2 aliphatic rings. The zero-order chi connectivity index (χ0) is 17.8. The molecular formula is C22H28N2O2. The van der Waals surface area contributed by atoms with Crippen LogP contribution in [0, 0.1) is 11.8 Å². The van der Waals surface area contributed by atoms with Crippen molar-refractivity contribution in [2.24, 2.45) is 11.8 Å². The number of nitrogens with one attached hydrogen (secondary N) is 1. The van der Waals surface area contributed by atoms with E-state index in [4.69, 9.17) is 4.74 Å². The predicted octanol–water partition coefficient (Wildman–Crippen LogP) is 3.88. The number of pyridine rings is 1.